The summed E-state index contributed by atoms with van der Waals surface area (Å²) in [6, 6.07) is 9.34. The highest BCUT2D eigenvalue weighted by atomic mass is 15.0. The van der Waals surface area contributed by atoms with E-state index in [0.717, 1.165) is 5.84 Å². The van der Waals surface area contributed by atoms with E-state index in [1.165, 1.54) is 33.4 Å². The van der Waals surface area contributed by atoms with E-state index in [1.807, 2.05) is 0 Å². The van der Waals surface area contributed by atoms with E-state index in [-0.39, 0.29) is 11.5 Å². The highest BCUT2D eigenvalue weighted by Gasteiger charge is 2.39. The summed E-state index contributed by atoms with van der Waals surface area (Å²) >= 11 is 0. The molecule has 0 saturated carbocycles. The topological polar surface area (TPSA) is 24.4 Å². The molecule has 1 aliphatic carbocycles. The van der Waals surface area contributed by atoms with E-state index in [1.54, 1.807) is 0 Å². The van der Waals surface area contributed by atoms with Crippen LogP contribution in [0.5, 0.6) is 0 Å². The molecule has 0 bridgehead atoms. The Balaban J connectivity index is 2.71. The normalized spacial score (nSPS) is 18.0. The van der Waals surface area contributed by atoms with Gasteiger partial charge in [-0.1, -0.05) is 35.4 Å². The first-order valence-electron chi connectivity index (χ1n) is 9.41. The smallest absolute Gasteiger partial charge is 0.129 e. The summed E-state index contributed by atoms with van der Waals surface area (Å²) in [6.07, 6.45) is 0. The molecular formula is C23H34N2. The van der Waals surface area contributed by atoms with Gasteiger partial charge in [-0.25, -0.2) is 0 Å². The van der Waals surface area contributed by atoms with E-state index in [0.29, 0.717) is 6.04 Å². The van der Waals surface area contributed by atoms with Crippen molar-refractivity contribution in [1.82, 2.24) is 5.32 Å². The third kappa shape index (κ3) is 3.44. The number of nitrogens with zero attached hydrogens (tertiary/aromatic N) is 1. The predicted octanol–water partition coefficient (Wildman–Crippen LogP) is 5.78. The molecule has 0 aromatic heterocycles. The Kier molecular flexibility index (Phi) is 5.61. The van der Waals surface area contributed by atoms with Crippen LogP contribution in [0.25, 0.3) is 0 Å². The molecule has 0 unspecified atom stereocenters. The summed E-state index contributed by atoms with van der Waals surface area (Å²) in [5, 5.41) is 3.58. The van der Waals surface area contributed by atoms with Gasteiger partial charge in [-0.3, -0.25) is 4.99 Å². The maximum Gasteiger partial charge on any atom is 0.129 e. The highest BCUT2D eigenvalue weighted by molar-refractivity contribution is 6.01. The molecule has 136 valence electrons. The first-order valence-corrected chi connectivity index (χ1v) is 9.41. The zero-order valence-corrected chi connectivity index (χ0v) is 17.4. The molecule has 0 heterocycles. The van der Waals surface area contributed by atoms with E-state index < -0.39 is 0 Å². The van der Waals surface area contributed by atoms with Crippen LogP contribution in [-0.2, 0) is 5.41 Å². The third-order valence-corrected chi connectivity index (χ3v) is 5.72. The van der Waals surface area contributed by atoms with Crippen molar-refractivity contribution in [2.45, 2.75) is 79.8 Å². The number of benzene rings is 1. The van der Waals surface area contributed by atoms with Gasteiger partial charge in [0.05, 0.1) is 0 Å². The van der Waals surface area contributed by atoms with Gasteiger partial charge in [-0.15, -0.1) is 0 Å². The number of hydrogen-bond acceptors (Lipinski definition) is 1. The number of nitrogens with one attached hydrogen (secondary N) is 1. The second-order valence-corrected chi connectivity index (χ2v) is 8.04. The maximum absolute atomic E-state index is 4.91. The van der Waals surface area contributed by atoms with Gasteiger partial charge in [0.25, 0.3) is 0 Å². The Labute approximate surface area is 154 Å². The molecule has 2 nitrogen and oxygen atoms in total. The van der Waals surface area contributed by atoms with Crippen LogP contribution in [0.2, 0.25) is 0 Å². The first-order chi connectivity index (χ1) is 11.6. The van der Waals surface area contributed by atoms with Crippen molar-refractivity contribution in [3.8, 4) is 0 Å². The van der Waals surface area contributed by atoms with Crippen LogP contribution in [-0.4, -0.2) is 17.9 Å². The molecule has 2 heteroatoms. The Hall–Kier alpha value is -1.83. The number of amidine groups is 1. The zero-order chi connectivity index (χ0) is 18.9. The number of allylic oxidation sites excluding steroid dienone is 4. The fourth-order valence-corrected chi connectivity index (χ4v) is 3.84. The molecule has 0 atom stereocenters. The Morgan fingerprint density at radius 2 is 1.44 bits per heavy atom. The van der Waals surface area contributed by atoms with Gasteiger partial charge in [0.1, 0.15) is 5.84 Å². The maximum atomic E-state index is 4.91. The van der Waals surface area contributed by atoms with E-state index >= 15 is 0 Å². The minimum Gasteiger partial charge on any atom is -0.368 e. The third-order valence-electron chi connectivity index (χ3n) is 5.72. The lowest BCUT2D eigenvalue weighted by molar-refractivity contribution is 0.661. The average molecular weight is 339 g/mol. The van der Waals surface area contributed by atoms with Crippen LogP contribution < -0.4 is 5.32 Å². The minimum absolute atomic E-state index is 0.0683. The van der Waals surface area contributed by atoms with Gasteiger partial charge in [0.2, 0.25) is 0 Å². The lowest BCUT2D eigenvalue weighted by Gasteiger charge is -2.33. The molecule has 1 aromatic rings. The van der Waals surface area contributed by atoms with Crippen molar-refractivity contribution in [3.63, 3.8) is 0 Å². The van der Waals surface area contributed by atoms with Crippen molar-refractivity contribution in [2.75, 3.05) is 0 Å². The molecule has 1 N–H and O–H groups in total. The fraction of sp³-hybridized carbons (Fsp3) is 0.522. The van der Waals surface area contributed by atoms with Crippen LogP contribution in [0.3, 0.4) is 0 Å². The van der Waals surface area contributed by atoms with Crippen LogP contribution in [0.15, 0.2) is 51.6 Å². The second kappa shape index (κ2) is 7.19. The fourth-order valence-electron chi connectivity index (χ4n) is 3.84. The second-order valence-electron chi connectivity index (χ2n) is 8.04. The summed E-state index contributed by atoms with van der Waals surface area (Å²) in [6.45, 7) is 20.0. The van der Waals surface area contributed by atoms with Crippen LogP contribution >= 0.6 is 0 Å². The molecular weight excluding hydrogens is 304 g/mol. The number of rotatable bonds is 4. The molecule has 1 aliphatic rings. The van der Waals surface area contributed by atoms with E-state index in [2.05, 4.69) is 91.9 Å². The summed E-state index contributed by atoms with van der Waals surface area (Å²) in [5.41, 5.74) is 8.23. The Bertz CT molecular complexity index is 721. The number of hydrogen-bond donors (Lipinski definition) is 1. The molecule has 0 radical (unpaired) electrons. The van der Waals surface area contributed by atoms with Crippen molar-refractivity contribution >= 4 is 5.84 Å². The largest absolute Gasteiger partial charge is 0.368 e. The minimum atomic E-state index is -0.0683. The van der Waals surface area contributed by atoms with Gasteiger partial charge >= 0.3 is 0 Å². The first kappa shape index (κ1) is 19.5. The van der Waals surface area contributed by atoms with Gasteiger partial charge < -0.3 is 5.32 Å². The standard InChI is InChI=1S/C23H34N2/c1-14(2)24-22(25-15(3)4)20-12-10-11-13-21(20)23(9)18(7)16(5)17(6)19(23)8/h10-15H,1-9H3,(H,24,25). The Morgan fingerprint density at radius 1 is 0.920 bits per heavy atom. The molecule has 1 aromatic carbocycles. The van der Waals surface area contributed by atoms with Crippen LogP contribution in [0.1, 0.15) is 73.4 Å². The van der Waals surface area contributed by atoms with Gasteiger partial charge in [-0.05, 0) is 79.0 Å². The van der Waals surface area contributed by atoms with Crippen molar-refractivity contribution in [3.05, 3.63) is 57.7 Å². The quantitative estimate of drug-likeness (QED) is 0.546. The average Bonchev–Trinajstić information content (AvgIpc) is 2.70. The lowest BCUT2D eigenvalue weighted by Crippen LogP contribution is -2.35. The Morgan fingerprint density at radius 3 is 1.92 bits per heavy atom. The van der Waals surface area contributed by atoms with Crippen LogP contribution in [0, 0.1) is 0 Å². The summed E-state index contributed by atoms with van der Waals surface area (Å²) < 4.78 is 0. The van der Waals surface area contributed by atoms with Crippen molar-refractivity contribution in [1.29, 1.82) is 0 Å². The molecule has 0 aliphatic heterocycles. The monoisotopic (exact) mass is 338 g/mol. The van der Waals surface area contributed by atoms with Gasteiger partial charge in [0, 0.05) is 23.1 Å². The van der Waals surface area contributed by atoms with Crippen molar-refractivity contribution < 1.29 is 0 Å². The van der Waals surface area contributed by atoms with Gasteiger partial charge in [-0.2, -0.15) is 0 Å². The molecule has 25 heavy (non-hydrogen) atoms. The molecule has 0 amide bonds. The molecule has 2 rings (SSSR count). The SMILES string of the molecule is CC1=C(C)C(C)(c2ccccc2C(=NC(C)C)NC(C)C)C(C)=C1C. The van der Waals surface area contributed by atoms with Crippen LogP contribution in [0.4, 0.5) is 0 Å². The molecule has 0 fully saturated rings. The van der Waals surface area contributed by atoms with Gasteiger partial charge in [0.15, 0.2) is 0 Å². The highest BCUT2D eigenvalue weighted by Crippen LogP contribution is 2.49. The van der Waals surface area contributed by atoms with E-state index in [9.17, 15) is 0 Å². The molecule has 0 spiro atoms. The predicted molar refractivity (Wildman–Crippen MR) is 110 cm³/mol. The van der Waals surface area contributed by atoms with Crippen molar-refractivity contribution in [2.24, 2.45) is 4.99 Å². The lowest BCUT2D eigenvalue weighted by atomic mass is 9.71. The zero-order valence-electron chi connectivity index (χ0n) is 17.4. The summed E-state index contributed by atoms with van der Waals surface area (Å²) in [5.74, 6) is 1.00. The van der Waals surface area contributed by atoms with E-state index in [4.69, 9.17) is 4.99 Å². The number of aliphatic imine (C=N–C) groups is 1. The summed E-state index contributed by atoms with van der Waals surface area (Å²) in [4.78, 5) is 4.91. The summed E-state index contributed by atoms with van der Waals surface area (Å²) in [7, 11) is 0. The molecule has 0 saturated heterocycles.